The van der Waals surface area contributed by atoms with Crippen molar-refractivity contribution in [2.45, 2.75) is 20.3 Å². The monoisotopic (exact) mass is 242 g/mol. The fraction of sp³-hybridized carbons (Fsp3) is 0.727. The van der Waals surface area contributed by atoms with E-state index < -0.39 is 17.9 Å². The molecule has 1 N–H and O–H groups in total. The first-order valence-electron chi connectivity index (χ1n) is 5.61. The Morgan fingerprint density at radius 1 is 1.41 bits per heavy atom. The van der Waals surface area contributed by atoms with E-state index in [0.29, 0.717) is 6.42 Å². The number of rotatable bonds is 5. The zero-order chi connectivity index (χ0) is 13.2. The summed E-state index contributed by atoms with van der Waals surface area (Å²) in [7, 11) is 1.53. The number of urea groups is 1. The largest absolute Gasteiger partial charge is 0.481 e. The summed E-state index contributed by atoms with van der Waals surface area (Å²) in [6.45, 7) is 3.83. The number of carboxylic acids is 1. The minimum absolute atomic E-state index is 0.0322. The van der Waals surface area contributed by atoms with Gasteiger partial charge in [0.2, 0.25) is 5.91 Å². The molecule has 1 unspecified atom stereocenters. The Hall–Kier alpha value is -1.59. The highest BCUT2D eigenvalue weighted by atomic mass is 16.4. The Kier molecular flexibility index (Phi) is 4.09. The normalized spacial score (nSPS) is 18.1. The van der Waals surface area contributed by atoms with E-state index in [2.05, 4.69) is 0 Å². The molecule has 17 heavy (non-hydrogen) atoms. The molecule has 0 saturated carbocycles. The lowest BCUT2D eigenvalue weighted by Crippen LogP contribution is -2.38. The van der Waals surface area contributed by atoms with E-state index in [1.54, 1.807) is 0 Å². The highest BCUT2D eigenvalue weighted by Crippen LogP contribution is 2.17. The number of hydrogen-bond donors (Lipinski definition) is 1. The second-order valence-corrected chi connectivity index (χ2v) is 4.81. The fourth-order valence-electron chi connectivity index (χ4n) is 1.89. The van der Waals surface area contributed by atoms with Gasteiger partial charge >= 0.3 is 12.0 Å². The zero-order valence-corrected chi connectivity index (χ0v) is 10.3. The fourth-order valence-corrected chi connectivity index (χ4v) is 1.89. The van der Waals surface area contributed by atoms with Crippen LogP contribution in [0.1, 0.15) is 20.3 Å². The van der Waals surface area contributed by atoms with Crippen LogP contribution in [0.25, 0.3) is 0 Å². The number of carbonyl (C=O) groups is 3. The van der Waals surface area contributed by atoms with Crippen LogP contribution in [0, 0.1) is 11.8 Å². The van der Waals surface area contributed by atoms with Crippen molar-refractivity contribution in [3.63, 3.8) is 0 Å². The van der Waals surface area contributed by atoms with Crippen LogP contribution >= 0.6 is 0 Å². The van der Waals surface area contributed by atoms with E-state index in [4.69, 9.17) is 5.11 Å². The maximum atomic E-state index is 11.6. The minimum Gasteiger partial charge on any atom is -0.481 e. The topological polar surface area (TPSA) is 77.9 Å². The smallest absolute Gasteiger partial charge is 0.326 e. The molecule has 6 nitrogen and oxygen atoms in total. The molecule has 1 fully saturated rings. The first kappa shape index (κ1) is 13.5. The number of hydrogen-bond acceptors (Lipinski definition) is 3. The van der Waals surface area contributed by atoms with Gasteiger partial charge in [-0.3, -0.25) is 14.5 Å². The molecule has 1 heterocycles. The van der Waals surface area contributed by atoms with Crippen molar-refractivity contribution < 1.29 is 19.5 Å². The number of nitrogens with zero attached hydrogens (tertiary/aromatic N) is 2. The van der Waals surface area contributed by atoms with E-state index in [1.807, 2.05) is 13.8 Å². The lowest BCUT2D eigenvalue weighted by molar-refractivity contribution is -0.143. The summed E-state index contributed by atoms with van der Waals surface area (Å²) in [6, 6.07) is -0.412. The molecule has 1 aliphatic rings. The van der Waals surface area contributed by atoms with Gasteiger partial charge in [0.1, 0.15) is 6.54 Å². The van der Waals surface area contributed by atoms with Gasteiger partial charge in [0.15, 0.2) is 0 Å². The van der Waals surface area contributed by atoms with Crippen LogP contribution in [0.4, 0.5) is 4.79 Å². The molecule has 0 spiro atoms. The quantitative estimate of drug-likeness (QED) is 0.717. The number of carboxylic acid groups (broad SMARTS) is 1. The highest BCUT2D eigenvalue weighted by Gasteiger charge is 2.36. The van der Waals surface area contributed by atoms with Gasteiger partial charge < -0.3 is 10.0 Å². The summed E-state index contributed by atoms with van der Waals surface area (Å²) in [5, 5.41) is 9.06. The summed E-state index contributed by atoms with van der Waals surface area (Å²) in [6.07, 6.45) is 0.454. The molecule has 0 aromatic carbocycles. The van der Waals surface area contributed by atoms with E-state index in [9.17, 15) is 14.4 Å². The van der Waals surface area contributed by atoms with Gasteiger partial charge in [-0.25, -0.2) is 4.79 Å². The molecule has 1 aliphatic heterocycles. The third kappa shape index (κ3) is 3.18. The Bertz CT molecular complexity index is 340. The lowest BCUT2D eigenvalue weighted by atomic mass is 9.97. The predicted octanol–water partition coefficient (Wildman–Crippen LogP) is 0.627. The lowest BCUT2D eigenvalue weighted by Gasteiger charge is -2.20. The maximum absolute atomic E-state index is 11.6. The van der Waals surface area contributed by atoms with E-state index in [-0.39, 0.29) is 24.9 Å². The second kappa shape index (κ2) is 5.16. The molecule has 6 heteroatoms. The van der Waals surface area contributed by atoms with E-state index in [0.717, 1.165) is 4.90 Å². The van der Waals surface area contributed by atoms with Gasteiger partial charge in [0.05, 0.1) is 5.92 Å². The van der Waals surface area contributed by atoms with Crippen molar-refractivity contribution >= 4 is 17.9 Å². The van der Waals surface area contributed by atoms with Crippen LogP contribution in [0.2, 0.25) is 0 Å². The van der Waals surface area contributed by atoms with Gasteiger partial charge in [-0.05, 0) is 12.3 Å². The van der Waals surface area contributed by atoms with Crippen LogP contribution in [-0.2, 0) is 9.59 Å². The molecule has 0 radical (unpaired) electrons. The number of imide groups is 1. The van der Waals surface area contributed by atoms with E-state index >= 15 is 0 Å². The van der Waals surface area contributed by atoms with Crippen molar-refractivity contribution in [1.29, 1.82) is 0 Å². The van der Waals surface area contributed by atoms with Crippen LogP contribution in [0.3, 0.4) is 0 Å². The van der Waals surface area contributed by atoms with Crippen LogP contribution in [0.5, 0.6) is 0 Å². The number of amides is 3. The summed E-state index contributed by atoms with van der Waals surface area (Å²) < 4.78 is 0. The van der Waals surface area contributed by atoms with Crippen LogP contribution in [-0.4, -0.2) is 53.0 Å². The summed E-state index contributed by atoms with van der Waals surface area (Å²) in [4.78, 5) is 36.5. The molecular formula is C11H18N2O4. The zero-order valence-electron chi connectivity index (χ0n) is 10.3. The van der Waals surface area contributed by atoms with Crippen molar-refractivity contribution in [3.8, 4) is 0 Å². The Morgan fingerprint density at radius 3 is 2.35 bits per heavy atom. The second-order valence-electron chi connectivity index (χ2n) is 4.81. The van der Waals surface area contributed by atoms with E-state index in [1.165, 1.54) is 11.9 Å². The van der Waals surface area contributed by atoms with Crippen molar-refractivity contribution in [2.75, 3.05) is 20.1 Å². The predicted molar refractivity (Wildman–Crippen MR) is 60.3 cm³/mol. The third-order valence-corrected chi connectivity index (χ3v) is 2.74. The standard InChI is InChI=1S/C11H18N2O4/c1-7(2)4-8(10(15)16)5-13-9(14)6-12(3)11(13)17/h7-8H,4-6H2,1-3H3,(H,15,16). The summed E-state index contributed by atoms with van der Waals surface area (Å²) in [5.74, 6) is -1.77. The Morgan fingerprint density at radius 2 is 2.00 bits per heavy atom. The minimum atomic E-state index is -0.964. The van der Waals surface area contributed by atoms with Crippen LogP contribution < -0.4 is 0 Å². The third-order valence-electron chi connectivity index (χ3n) is 2.74. The maximum Gasteiger partial charge on any atom is 0.326 e. The SMILES string of the molecule is CC(C)CC(CN1C(=O)CN(C)C1=O)C(=O)O. The molecule has 1 rings (SSSR count). The van der Waals surface area contributed by atoms with Crippen LogP contribution in [0.15, 0.2) is 0 Å². The van der Waals surface area contributed by atoms with Crippen molar-refractivity contribution in [3.05, 3.63) is 0 Å². The first-order valence-corrected chi connectivity index (χ1v) is 5.61. The highest BCUT2D eigenvalue weighted by molar-refractivity contribution is 6.02. The van der Waals surface area contributed by atoms with Crippen molar-refractivity contribution in [2.24, 2.45) is 11.8 Å². The first-order chi connectivity index (χ1) is 7.82. The molecule has 0 aliphatic carbocycles. The summed E-state index contributed by atoms with van der Waals surface area (Å²) in [5.41, 5.74) is 0. The molecule has 0 bridgehead atoms. The van der Waals surface area contributed by atoms with Gasteiger partial charge in [0.25, 0.3) is 0 Å². The Balaban J connectivity index is 2.70. The number of likely N-dealkylation sites (N-methyl/N-ethyl adjacent to an activating group) is 1. The summed E-state index contributed by atoms with van der Waals surface area (Å²) >= 11 is 0. The Labute approximate surface area is 100 Å². The molecule has 1 saturated heterocycles. The molecule has 0 aromatic heterocycles. The van der Waals surface area contributed by atoms with Gasteiger partial charge in [-0.2, -0.15) is 0 Å². The molecule has 3 amide bonds. The average molecular weight is 242 g/mol. The van der Waals surface area contributed by atoms with Gasteiger partial charge in [-0.15, -0.1) is 0 Å². The molecular weight excluding hydrogens is 224 g/mol. The van der Waals surface area contributed by atoms with Gasteiger partial charge in [-0.1, -0.05) is 13.8 Å². The molecule has 96 valence electrons. The average Bonchev–Trinajstić information content (AvgIpc) is 2.43. The molecule has 0 aromatic rings. The number of aliphatic carboxylic acids is 1. The molecule has 1 atom stereocenters. The van der Waals surface area contributed by atoms with Crippen molar-refractivity contribution in [1.82, 2.24) is 9.80 Å². The number of carbonyl (C=O) groups excluding carboxylic acids is 2. The van der Waals surface area contributed by atoms with Gasteiger partial charge in [0, 0.05) is 13.6 Å².